The Morgan fingerprint density at radius 3 is 2.88 bits per heavy atom. The van der Waals surface area contributed by atoms with Gasteiger partial charge in [0.25, 0.3) is 11.8 Å². The van der Waals surface area contributed by atoms with Crippen LogP contribution >= 0.6 is 22.7 Å². The normalized spacial score (nSPS) is 13.2. The molecule has 6 nitrogen and oxygen atoms in total. The summed E-state index contributed by atoms with van der Waals surface area (Å²) in [5.74, 6) is -0.889. The summed E-state index contributed by atoms with van der Waals surface area (Å²) in [6.07, 6.45) is 0.889. The maximum absolute atomic E-state index is 12.2. The van der Waals surface area contributed by atoms with Crippen molar-refractivity contribution in [3.63, 3.8) is 0 Å². The number of amides is 2. The summed E-state index contributed by atoms with van der Waals surface area (Å²) in [5, 5.41) is 6.50. The van der Waals surface area contributed by atoms with Crippen molar-refractivity contribution in [2.24, 2.45) is 0 Å². The van der Waals surface area contributed by atoms with Crippen LogP contribution < -0.4 is 5.32 Å². The summed E-state index contributed by atoms with van der Waals surface area (Å²) >= 11 is 3.05. The molecule has 8 heteroatoms. The molecule has 0 saturated heterocycles. The van der Waals surface area contributed by atoms with E-state index in [1.807, 2.05) is 16.8 Å². The highest BCUT2D eigenvalue weighted by Gasteiger charge is 2.22. The topological polar surface area (TPSA) is 75.7 Å². The van der Waals surface area contributed by atoms with Crippen LogP contribution in [-0.2, 0) is 27.3 Å². The Kier molecular flexibility index (Phi) is 5.83. The van der Waals surface area contributed by atoms with Crippen LogP contribution in [0.4, 0.5) is 0 Å². The highest BCUT2D eigenvalue weighted by atomic mass is 32.1. The first-order valence-electron chi connectivity index (χ1n) is 7.94. The molecule has 3 heterocycles. The van der Waals surface area contributed by atoms with E-state index in [1.54, 1.807) is 28.4 Å². The molecule has 0 saturated carbocycles. The van der Waals surface area contributed by atoms with Gasteiger partial charge in [0.15, 0.2) is 6.61 Å². The van der Waals surface area contributed by atoms with E-state index in [-0.39, 0.29) is 31.4 Å². The van der Waals surface area contributed by atoms with Crippen LogP contribution in [-0.4, -0.2) is 42.4 Å². The van der Waals surface area contributed by atoms with E-state index in [0.717, 1.165) is 6.42 Å². The highest BCUT2D eigenvalue weighted by molar-refractivity contribution is 7.12. The summed E-state index contributed by atoms with van der Waals surface area (Å²) < 4.78 is 5.02. The number of esters is 1. The molecule has 3 rings (SSSR count). The standard InChI is InChI=1S/C17H18N2O4S2/c20-15(19-7-4-13-12(10-19)5-9-25-13)11-23-16(21)3-6-18-17(22)14-2-1-8-24-14/h1-2,5,8-9H,3-4,6-7,10-11H2,(H,18,22). The molecule has 0 aromatic carbocycles. The largest absolute Gasteiger partial charge is 0.456 e. The molecule has 0 unspecified atom stereocenters. The number of nitrogens with one attached hydrogen (secondary N) is 1. The molecule has 25 heavy (non-hydrogen) atoms. The van der Waals surface area contributed by atoms with Gasteiger partial charge in [-0.25, -0.2) is 0 Å². The Bertz CT molecular complexity index is 755. The quantitative estimate of drug-likeness (QED) is 0.781. The Hall–Kier alpha value is -2.19. The van der Waals surface area contributed by atoms with E-state index < -0.39 is 5.97 Å². The lowest BCUT2D eigenvalue weighted by Crippen LogP contribution is -2.38. The first-order chi connectivity index (χ1) is 12.1. The molecule has 1 N–H and O–H groups in total. The SMILES string of the molecule is O=C(CCNC(=O)c1cccs1)OCC(=O)N1CCc2sccc2C1. The van der Waals surface area contributed by atoms with E-state index in [4.69, 9.17) is 4.74 Å². The minimum absolute atomic E-state index is 0.0407. The molecule has 1 aliphatic rings. The molecule has 0 aliphatic carbocycles. The Morgan fingerprint density at radius 1 is 1.20 bits per heavy atom. The first kappa shape index (κ1) is 17.6. The van der Waals surface area contributed by atoms with Gasteiger partial charge in [0.05, 0.1) is 11.3 Å². The van der Waals surface area contributed by atoms with Gasteiger partial charge in [-0.1, -0.05) is 6.07 Å². The van der Waals surface area contributed by atoms with Crippen molar-refractivity contribution in [1.29, 1.82) is 0 Å². The molecule has 0 bridgehead atoms. The smallest absolute Gasteiger partial charge is 0.308 e. The Balaban J connectivity index is 1.35. The molecule has 0 spiro atoms. The first-order valence-corrected chi connectivity index (χ1v) is 9.70. The van der Waals surface area contributed by atoms with Gasteiger partial charge in [0, 0.05) is 24.5 Å². The second kappa shape index (κ2) is 8.26. The maximum atomic E-state index is 12.2. The lowest BCUT2D eigenvalue weighted by molar-refractivity contribution is -0.152. The van der Waals surface area contributed by atoms with Crippen LogP contribution in [0.1, 0.15) is 26.5 Å². The van der Waals surface area contributed by atoms with Gasteiger partial charge in [-0.3, -0.25) is 14.4 Å². The fraction of sp³-hybridized carbons (Fsp3) is 0.353. The van der Waals surface area contributed by atoms with Gasteiger partial charge in [-0.05, 0) is 34.9 Å². The minimum atomic E-state index is -0.493. The van der Waals surface area contributed by atoms with Gasteiger partial charge in [0.2, 0.25) is 0 Å². The molecule has 0 radical (unpaired) electrons. The van der Waals surface area contributed by atoms with E-state index in [9.17, 15) is 14.4 Å². The lowest BCUT2D eigenvalue weighted by Gasteiger charge is -2.26. The fourth-order valence-corrected chi connectivity index (χ4v) is 4.07. The van der Waals surface area contributed by atoms with E-state index in [2.05, 4.69) is 5.32 Å². The van der Waals surface area contributed by atoms with Gasteiger partial charge in [-0.2, -0.15) is 0 Å². The van der Waals surface area contributed by atoms with Gasteiger partial charge < -0.3 is 15.0 Å². The number of hydrogen-bond acceptors (Lipinski definition) is 6. The number of thiophene rings is 2. The molecular formula is C17H18N2O4S2. The van der Waals surface area contributed by atoms with E-state index >= 15 is 0 Å². The van der Waals surface area contributed by atoms with Crippen molar-refractivity contribution in [3.05, 3.63) is 44.3 Å². The molecule has 132 valence electrons. The number of ether oxygens (including phenoxy) is 1. The molecule has 0 atom stereocenters. The third kappa shape index (κ3) is 4.67. The number of nitrogens with zero attached hydrogens (tertiary/aromatic N) is 1. The number of carbonyl (C=O) groups excluding carboxylic acids is 3. The Morgan fingerprint density at radius 2 is 2.08 bits per heavy atom. The van der Waals surface area contributed by atoms with Crippen LogP contribution in [0.15, 0.2) is 29.0 Å². The van der Waals surface area contributed by atoms with Crippen LogP contribution in [0.3, 0.4) is 0 Å². The number of carbonyl (C=O) groups is 3. The maximum Gasteiger partial charge on any atom is 0.308 e. The van der Waals surface area contributed by atoms with Gasteiger partial charge in [-0.15, -0.1) is 22.7 Å². The predicted octanol–water partition coefficient (Wildman–Crippen LogP) is 2.06. The van der Waals surface area contributed by atoms with Crippen LogP contribution in [0.2, 0.25) is 0 Å². The number of hydrogen-bond donors (Lipinski definition) is 1. The summed E-state index contributed by atoms with van der Waals surface area (Å²) in [4.78, 5) is 39.2. The van der Waals surface area contributed by atoms with Crippen molar-refractivity contribution in [1.82, 2.24) is 10.2 Å². The molecule has 1 aliphatic heterocycles. The third-order valence-corrected chi connectivity index (χ3v) is 5.77. The van der Waals surface area contributed by atoms with Crippen molar-refractivity contribution in [2.75, 3.05) is 19.7 Å². The summed E-state index contributed by atoms with van der Waals surface area (Å²) in [7, 11) is 0. The fourth-order valence-electron chi connectivity index (χ4n) is 2.54. The second-order valence-corrected chi connectivity index (χ2v) is 7.53. The van der Waals surface area contributed by atoms with Crippen LogP contribution in [0, 0.1) is 0 Å². The van der Waals surface area contributed by atoms with Crippen LogP contribution in [0.25, 0.3) is 0 Å². The van der Waals surface area contributed by atoms with Crippen molar-refractivity contribution < 1.29 is 19.1 Å². The van der Waals surface area contributed by atoms with Gasteiger partial charge in [0.1, 0.15) is 0 Å². The molecule has 2 amide bonds. The summed E-state index contributed by atoms with van der Waals surface area (Å²) in [6, 6.07) is 5.54. The van der Waals surface area contributed by atoms with Crippen molar-refractivity contribution in [2.45, 2.75) is 19.4 Å². The Labute approximate surface area is 153 Å². The zero-order valence-electron chi connectivity index (χ0n) is 13.5. The van der Waals surface area contributed by atoms with Crippen LogP contribution in [0.5, 0.6) is 0 Å². The monoisotopic (exact) mass is 378 g/mol. The second-order valence-electron chi connectivity index (χ2n) is 5.58. The minimum Gasteiger partial charge on any atom is -0.456 e. The lowest BCUT2D eigenvalue weighted by atomic mass is 10.1. The molecule has 2 aromatic rings. The average molecular weight is 378 g/mol. The van der Waals surface area contributed by atoms with Gasteiger partial charge >= 0.3 is 5.97 Å². The highest BCUT2D eigenvalue weighted by Crippen LogP contribution is 2.23. The molecule has 2 aromatic heterocycles. The predicted molar refractivity (Wildman–Crippen MR) is 95.7 cm³/mol. The average Bonchev–Trinajstić information content (AvgIpc) is 3.30. The number of fused-ring (bicyclic) bond motifs is 1. The van der Waals surface area contributed by atoms with E-state index in [0.29, 0.717) is 18.0 Å². The summed E-state index contributed by atoms with van der Waals surface area (Å²) in [5.41, 5.74) is 1.17. The van der Waals surface area contributed by atoms with Crippen molar-refractivity contribution >= 4 is 40.5 Å². The summed E-state index contributed by atoms with van der Waals surface area (Å²) in [6.45, 7) is 1.16. The van der Waals surface area contributed by atoms with E-state index in [1.165, 1.54) is 21.8 Å². The zero-order valence-corrected chi connectivity index (χ0v) is 15.2. The molecule has 0 fully saturated rings. The number of rotatable bonds is 6. The third-order valence-electron chi connectivity index (χ3n) is 3.88. The van der Waals surface area contributed by atoms with Crippen molar-refractivity contribution in [3.8, 4) is 0 Å². The molecular weight excluding hydrogens is 360 g/mol. The zero-order chi connectivity index (χ0) is 17.6.